The van der Waals surface area contributed by atoms with E-state index >= 15 is 0 Å². The summed E-state index contributed by atoms with van der Waals surface area (Å²) in [5, 5.41) is 3.12. The van der Waals surface area contributed by atoms with Gasteiger partial charge in [0.25, 0.3) is 10.0 Å². The molecule has 0 radical (unpaired) electrons. The molecule has 0 aliphatic heterocycles. The van der Waals surface area contributed by atoms with Crippen LogP contribution >= 0.6 is 0 Å². The van der Waals surface area contributed by atoms with E-state index in [0.717, 1.165) is 13.0 Å². The van der Waals surface area contributed by atoms with E-state index in [1.165, 1.54) is 17.5 Å². The van der Waals surface area contributed by atoms with Gasteiger partial charge in [0.05, 0.1) is 13.2 Å². The minimum atomic E-state index is -3.66. The smallest absolute Gasteiger partial charge is 0.276 e. The van der Waals surface area contributed by atoms with Crippen molar-refractivity contribution in [2.45, 2.75) is 25.0 Å². The van der Waals surface area contributed by atoms with E-state index in [4.69, 9.17) is 9.15 Å². The number of hydrogen-bond acceptors (Lipinski definition) is 5. The number of hydrogen-bond donors (Lipinski definition) is 1. The lowest BCUT2D eigenvalue weighted by Gasteiger charge is -2.18. The van der Waals surface area contributed by atoms with Crippen LogP contribution in [0, 0.1) is 0 Å². The molecule has 1 rings (SSSR count). The summed E-state index contributed by atoms with van der Waals surface area (Å²) in [4.78, 5) is 0. The van der Waals surface area contributed by atoms with Crippen molar-refractivity contribution in [3.05, 3.63) is 30.5 Å². The van der Waals surface area contributed by atoms with Gasteiger partial charge < -0.3 is 14.5 Å². The zero-order chi connectivity index (χ0) is 15.7. The van der Waals surface area contributed by atoms with Crippen LogP contribution in [0.5, 0.6) is 0 Å². The quantitative estimate of drug-likeness (QED) is 0.496. The summed E-state index contributed by atoms with van der Waals surface area (Å²) < 4.78 is 36.6. The molecule has 0 saturated carbocycles. The molecule has 7 heteroatoms. The zero-order valence-electron chi connectivity index (χ0n) is 12.7. The topological polar surface area (TPSA) is 71.8 Å². The second kappa shape index (κ2) is 8.99. The van der Waals surface area contributed by atoms with Crippen molar-refractivity contribution in [3.8, 4) is 0 Å². The highest BCUT2D eigenvalue weighted by Crippen LogP contribution is 2.18. The lowest BCUT2D eigenvalue weighted by Crippen LogP contribution is -2.33. The van der Waals surface area contributed by atoms with E-state index < -0.39 is 10.0 Å². The number of ether oxygens (including phenoxy) is 1. The van der Waals surface area contributed by atoms with E-state index in [1.54, 1.807) is 12.1 Å². The molecular formula is C14H24N2O4S. The Labute approximate surface area is 126 Å². The van der Waals surface area contributed by atoms with Crippen LogP contribution < -0.4 is 5.32 Å². The van der Waals surface area contributed by atoms with Crippen LogP contribution in [0.1, 0.15) is 19.1 Å². The average Bonchev–Trinajstić information content (AvgIpc) is 2.93. The molecule has 1 N–H and O–H groups in total. The fourth-order valence-corrected chi connectivity index (χ4v) is 3.08. The van der Waals surface area contributed by atoms with Crippen molar-refractivity contribution in [2.75, 3.05) is 33.4 Å². The molecule has 1 aromatic rings. The van der Waals surface area contributed by atoms with Crippen LogP contribution in [0.4, 0.5) is 0 Å². The van der Waals surface area contributed by atoms with Gasteiger partial charge in [-0.25, -0.2) is 8.42 Å². The Morgan fingerprint density at radius 1 is 1.48 bits per heavy atom. The van der Waals surface area contributed by atoms with Gasteiger partial charge in [0.1, 0.15) is 5.76 Å². The first-order chi connectivity index (χ1) is 10.1. The molecular weight excluding hydrogens is 292 g/mol. The molecule has 1 heterocycles. The molecule has 120 valence electrons. The summed E-state index contributed by atoms with van der Waals surface area (Å²) >= 11 is 0. The molecule has 0 amide bonds. The van der Waals surface area contributed by atoms with Crippen molar-refractivity contribution in [1.29, 1.82) is 0 Å². The lowest BCUT2D eigenvalue weighted by molar-refractivity contribution is 0.181. The Hall–Kier alpha value is -1.15. The van der Waals surface area contributed by atoms with Gasteiger partial charge >= 0.3 is 0 Å². The highest BCUT2D eigenvalue weighted by atomic mass is 32.2. The summed E-state index contributed by atoms with van der Waals surface area (Å²) in [6.07, 6.45) is 2.55. The highest BCUT2D eigenvalue weighted by molar-refractivity contribution is 7.89. The largest absolute Gasteiger partial charge is 0.447 e. The predicted octanol–water partition coefficient (Wildman–Crippen LogP) is 1.60. The zero-order valence-corrected chi connectivity index (χ0v) is 13.5. The Balaban J connectivity index is 2.81. The van der Waals surface area contributed by atoms with Crippen LogP contribution in [0.3, 0.4) is 0 Å². The number of sulfonamides is 1. The van der Waals surface area contributed by atoms with Crippen LogP contribution in [-0.2, 0) is 21.3 Å². The van der Waals surface area contributed by atoms with Gasteiger partial charge in [0.15, 0.2) is 0 Å². The summed E-state index contributed by atoms with van der Waals surface area (Å²) in [7, 11) is -2.13. The summed E-state index contributed by atoms with van der Waals surface area (Å²) in [6.45, 7) is 7.82. The van der Waals surface area contributed by atoms with Crippen LogP contribution in [0.25, 0.3) is 0 Å². The van der Waals surface area contributed by atoms with Gasteiger partial charge in [-0.1, -0.05) is 13.0 Å². The second-order valence-corrected chi connectivity index (χ2v) is 6.41. The average molecular weight is 316 g/mol. The Morgan fingerprint density at radius 3 is 2.86 bits per heavy atom. The van der Waals surface area contributed by atoms with Gasteiger partial charge in [0, 0.05) is 20.2 Å². The molecule has 21 heavy (non-hydrogen) atoms. The molecule has 6 nitrogen and oxygen atoms in total. The molecule has 0 atom stereocenters. The summed E-state index contributed by atoms with van der Waals surface area (Å²) in [6, 6.07) is 3.17. The van der Waals surface area contributed by atoms with Gasteiger partial charge in [-0.05, 0) is 25.1 Å². The SMILES string of the molecule is C=CCN(CCOC)S(=O)(=O)c1ccc(CNCCC)o1. The van der Waals surface area contributed by atoms with Crippen LogP contribution in [0.2, 0.25) is 0 Å². The van der Waals surface area contributed by atoms with Gasteiger partial charge in [-0.3, -0.25) is 0 Å². The minimum Gasteiger partial charge on any atom is -0.447 e. The molecule has 1 aromatic heterocycles. The third-order valence-electron chi connectivity index (χ3n) is 2.83. The molecule has 0 saturated heterocycles. The molecule has 0 aliphatic carbocycles. The first kappa shape index (κ1) is 17.9. The molecule has 0 aliphatic rings. The van der Waals surface area contributed by atoms with Crippen LogP contribution in [-0.4, -0.2) is 46.1 Å². The number of furan rings is 1. The van der Waals surface area contributed by atoms with Crippen molar-refractivity contribution in [2.24, 2.45) is 0 Å². The fraction of sp³-hybridized carbons (Fsp3) is 0.571. The molecule has 0 aromatic carbocycles. The number of nitrogens with one attached hydrogen (secondary N) is 1. The summed E-state index contributed by atoms with van der Waals surface area (Å²) in [5.74, 6) is 0.604. The van der Waals surface area contributed by atoms with Crippen molar-refractivity contribution < 1.29 is 17.6 Å². The first-order valence-electron chi connectivity index (χ1n) is 6.95. The molecule has 0 spiro atoms. The second-order valence-electron chi connectivity index (χ2n) is 4.54. The van der Waals surface area contributed by atoms with E-state index in [2.05, 4.69) is 18.8 Å². The maximum atomic E-state index is 12.5. The molecule has 0 fully saturated rings. The monoisotopic (exact) mass is 316 g/mol. The highest BCUT2D eigenvalue weighted by Gasteiger charge is 2.26. The van der Waals surface area contributed by atoms with Crippen LogP contribution in [0.15, 0.2) is 34.3 Å². The van der Waals surface area contributed by atoms with E-state index in [9.17, 15) is 8.42 Å². The fourth-order valence-electron chi connectivity index (χ4n) is 1.75. The lowest BCUT2D eigenvalue weighted by atomic mass is 10.4. The normalized spacial score (nSPS) is 12.0. The number of rotatable bonds is 11. The van der Waals surface area contributed by atoms with E-state index in [1.807, 2.05) is 0 Å². The Bertz CT molecular complexity index is 525. The van der Waals surface area contributed by atoms with Gasteiger partial charge in [-0.2, -0.15) is 4.31 Å². The van der Waals surface area contributed by atoms with Crippen molar-refractivity contribution in [1.82, 2.24) is 9.62 Å². The maximum absolute atomic E-state index is 12.5. The molecule has 0 bridgehead atoms. The summed E-state index contributed by atoms with van der Waals surface area (Å²) in [5.41, 5.74) is 0. The Kier molecular flexibility index (Phi) is 7.66. The number of nitrogens with zero attached hydrogens (tertiary/aromatic N) is 1. The van der Waals surface area contributed by atoms with Gasteiger partial charge in [0.2, 0.25) is 5.09 Å². The van der Waals surface area contributed by atoms with E-state index in [-0.39, 0.29) is 18.2 Å². The predicted molar refractivity (Wildman–Crippen MR) is 81.5 cm³/mol. The Morgan fingerprint density at radius 2 is 2.24 bits per heavy atom. The van der Waals surface area contributed by atoms with Crippen molar-refractivity contribution in [3.63, 3.8) is 0 Å². The minimum absolute atomic E-state index is 0.0475. The first-order valence-corrected chi connectivity index (χ1v) is 8.39. The molecule has 0 unspecified atom stereocenters. The maximum Gasteiger partial charge on any atom is 0.276 e. The third-order valence-corrected chi connectivity index (χ3v) is 4.57. The number of methoxy groups -OCH3 is 1. The van der Waals surface area contributed by atoms with Gasteiger partial charge in [-0.15, -0.1) is 6.58 Å². The standard InChI is InChI=1S/C14H24N2O4S/c1-4-8-15-12-13-6-7-14(20-13)21(17,18)16(9-5-2)10-11-19-3/h5-7,15H,2,4,8-12H2,1,3H3. The van der Waals surface area contributed by atoms with Crippen molar-refractivity contribution >= 4 is 10.0 Å². The van der Waals surface area contributed by atoms with E-state index in [0.29, 0.717) is 18.9 Å². The third kappa shape index (κ3) is 5.28.